The molecule has 3 aromatic rings. The zero-order chi connectivity index (χ0) is 40.1. The monoisotopic (exact) mass is 782 g/mol. The van der Waals surface area contributed by atoms with Crippen molar-refractivity contribution in [3.63, 3.8) is 0 Å². The minimum Gasteiger partial charge on any atom is -0.550 e. The Balaban J connectivity index is 0.00000161. The molecule has 3 aromatic carbocycles. The second-order valence-corrected chi connectivity index (χ2v) is 15.4. The fraction of sp³-hybridized carbons (Fsp3) is 0.587. The number of carbonyl (C=O) groups is 1. The predicted octanol–water partition coefficient (Wildman–Crippen LogP) is 11.4. The lowest BCUT2D eigenvalue weighted by molar-refractivity contribution is -0.305. The second kappa shape index (κ2) is 29.6. The maximum absolute atomic E-state index is 9.49. The molecule has 0 aromatic heterocycles. The highest BCUT2D eigenvalue weighted by Gasteiger charge is 2.42. The van der Waals surface area contributed by atoms with Crippen molar-refractivity contribution in [2.24, 2.45) is 0 Å². The van der Waals surface area contributed by atoms with E-state index >= 15 is 0 Å². The van der Waals surface area contributed by atoms with Crippen LogP contribution in [0.5, 0.6) is 34.5 Å². The Bertz CT molecular complexity index is 1300. The maximum atomic E-state index is 9.49. The molecule has 55 heavy (non-hydrogen) atoms. The highest BCUT2D eigenvalue weighted by Crippen LogP contribution is 2.51. The Morgan fingerprint density at radius 1 is 0.473 bits per heavy atom. The first-order chi connectivity index (χ1) is 26.9. The van der Waals surface area contributed by atoms with E-state index in [4.69, 9.17) is 28.4 Å². The maximum Gasteiger partial charge on any atom is 0.250 e. The van der Waals surface area contributed by atoms with Gasteiger partial charge in [-0.05, 0) is 57.1 Å². The van der Waals surface area contributed by atoms with Crippen molar-refractivity contribution in [2.45, 2.75) is 153 Å². The van der Waals surface area contributed by atoms with Crippen LogP contribution in [0.25, 0.3) is 0 Å². The minimum absolute atomic E-state index is 0.181. The first-order valence-electron chi connectivity index (χ1n) is 21.0. The van der Waals surface area contributed by atoms with E-state index in [1.54, 1.807) is 6.92 Å². The van der Waals surface area contributed by atoms with Gasteiger partial charge >= 0.3 is 0 Å². The van der Waals surface area contributed by atoms with Gasteiger partial charge in [0, 0.05) is 30.2 Å². The number of hydrogen-bond donors (Lipinski definition) is 0. The van der Waals surface area contributed by atoms with E-state index in [0.717, 1.165) is 126 Å². The molecule has 0 aliphatic carbocycles. The molecule has 0 saturated heterocycles. The van der Waals surface area contributed by atoms with Crippen molar-refractivity contribution < 1.29 is 38.3 Å². The van der Waals surface area contributed by atoms with Crippen molar-refractivity contribution in [2.75, 3.05) is 39.6 Å². The molecule has 0 atom stereocenters. The number of aliphatic carboxylic acids is 1. The molecule has 3 rings (SSSR count). The SMILES string of the molecule is CCCC(=O)[O-].CCCCOc1cc(OCCCC)c([S+](c2ccccc2)c2c(OCCCC)cc(OCCCC)cc2OCCCC)c(OCCCC)c1. The molecule has 0 heterocycles. The average Bonchev–Trinajstić information content (AvgIpc) is 3.18. The molecule has 0 radical (unpaired) electrons. The topological polar surface area (TPSA) is 95.5 Å². The van der Waals surface area contributed by atoms with Crippen LogP contribution < -0.4 is 33.5 Å². The molecule has 8 nitrogen and oxygen atoms in total. The standard InChI is InChI=1S/C42H63O6S.C4H8O2/c1-7-13-24-43-34-30-37(45-26-15-9-3)41(38(31-34)46-27-16-10-4)49(36-22-20-19-21-23-36)42-39(47-28-17-11-5)32-35(44-25-14-8-2)33-40(42)48-29-18-12-6;1-2-3-4(5)6/h19-23,30-33H,7-18,24-29H2,1-6H3;2-3H2,1H3,(H,5,6)/q+1;/p-1. The summed E-state index contributed by atoms with van der Waals surface area (Å²) in [6.07, 6.45) is 12.9. The van der Waals surface area contributed by atoms with Crippen molar-refractivity contribution in [3.8, 4) is 34.5 Å². The summed E-state index contributed by atoms with van der Waals surface area (Å²) in [6, 6.07) is 18.9. The summed E-state index contributed by atoms with van der Waals surface area (Å²) >= 11 is 0. The quantitative estimate of drug-likeness (QED) is 0.0507. The normalized spacial score (nSPS) is 10.8. The highest BCUT2D eigenvalue weighted by atomic mass is 32.2. The molecule has 0 fully saturated rings. The van der Waals surface area contributed by atoms with Gasteiger partial charge in [0.05, 0.1) is 39.6 Å². The largest absolute Gasteiger partial charge is 0.550 e. The van der Waals surface area contributed by atoms with Crippen LogP contribution in [0.2, 0.25) is 0 Å². The van der Waals surface area contributed by atoms with E-state index < -0.39 is 16.9 Å². The number of carboxylic acid groups (broad SMARTS) is 1. The summed E-state index contributed by atoms with van der Waals surface area (Å²) in [4.78, 5) is 12.6. The summed E-state index contributed by atoms with van der Waals surface area (Å²) in [7, 11) is -0.725. The summed E-state index contributed by atoms with van der Waals surface area (Å²) in [5, 5.41) is 9.49. The molecular weight excluding hydrogens is 713 g/mol. The van der Waals surface area contributed by atoms with Crippen molar-refractivity contribution in [1.29, 1.82) is 0 Å². The zero-order valence-electron chi connectivity index (χ0n) is 35.0. The van der Waals surface area contributed by atoms with Gasteiger partial charge in [0.25, 0.3) is 9.79 Å². The van der Waals surface area contributed by atoms with Gasteiger partial charge in [-0.3, -0.25) is 0 Å². The number of carboxylic acids is 1. The molecule has 0 bridgehead atoms. The molecule has 308 valence electrons. The average molecular weight is 783 g/mol. The van der Waals surface area contributed by atoms with Crippen LogP contribution in [0.1, 0.15) is 138 Å². The van der Waals surface area contributed by atoms with Crippen molar-refractivity contribution in [3.05, 3.63) is 54.6 Å². The van der Waals surface area contributed by atoms with Gasteiger partial charge in [-0.15, -0.1) is 0 Å². The van der Waals surface area contributed by atoms with Crippen LogP contribution in [0.3, 0.4) is 0 Å². The smallest absolute Gasteiger partial charge is 0.250 e. The van der Waals surface area contributed by atoms with Crippen LogP contribution in [0.4, 0.5) is 0 Å². The van der Waals surface area contributed by atoms with E-state index in [1.807, 2.05) is 0 Å². The lowest BCUT2D eigenvalue weighted by Gasteiger charge is -2.22. The molecule has 9 heteroatoms. The van der Waals surface area contributed by atoms with Gasteiger partial charge in [-0.25, -0.2) is 0 Å². The Kier molecular flexibility index (Phi) is 25.5. The number of rotatable bonds is 29. The summed E-state index contributed by atoms with van der Waals surface area (Å²) in [5.74, 6) is 3.70. The highest BCUT2D eigenvalue weighted by molar-refractivity contribution is 7.97. The van der Waals surface area contributed by atoms with E-state index in [0.29, 0.717) is 46.1 Å². The molecule has 0 N–H and O–H groups in total. The predicted molar refractivity (Wildman–Crippen MR) is 224 cm³/mol. The molecule has 0 saturated carbocycles. The van der Waals surface area contributed by atoms with Gasteiger partial charge in [0.2, 0.25) is 0 Å². The Hall–Kier alpha value is -3.72. The van der Waals surface area contributed by atoms with Gasteiger partial charge in [-0.1, -0.05) is 112 Å². The summed E-state index contributed by atoms with van der Waals surface area (Å²) < 4.78 is 39.4. The molecule has 0 aliphatic heterocycles. The first-order valence-corrected chi connectivity index (χ1v) is 22.2. The molecule has 0 unspecified atom stereocenters. The fourth-order valence-corrected chi connectivity index (χ4v) is 7.56. The lowest BCUT2D eigenvalue weighted by Crippen LogP contribution is -2.20. The number of carbonyl (C=O) groups excluding carboxylic acids is 1. The van der Waals surface area contributed by atoms with Gasteiger partial charge in [0.1, 0.15) is 22.4 Å². The fourth-order valence-electron chi connectivity index (χ4n) is 5.18. The van der Waals surface area contributed by atoms with Crippen molar-refractivity contribution >= 4 is 16.9 Å². The van der Waals surface area contributed by atoms with Crippen LogP contribution >= 0.6 is 0 Å². The molecule has 0 spiro atoms. The first kappa shape index (κ1) is 47.4. The van der Waals surface area contributed by atoms with Gasteiger partial charge in [0.15, 0.2) is 27.9 Å². The van der Waals surface area contributed by atoms with E-state index in [9.17, 15) is 9.90 Å². The van der Waals surface area contributed by atoms with Gasteiger partial charge < -0.3 is 38.3 Å². The second-order valence-electron chi connectivity index (χ2n) is 13.5. The van der Waals surface area contributed by atoms with Crippen molar-refractivity contribution in [1.82, 2.24) is 0 Å². The van der Waals surface area contributed by atoms with Gasteiger partial charge in [-0.2, -0.15) is 0 Å². The Labute approximate surface area is 335 Å². The number of ether oxygens (including phenoxy) is 6. The van der Waals surface area contributed by atoms with E-state index in [1.165, 1.54) is 0 Å². The Morgan fingerprint density at radius 2 is 0.782 bits per heavy atom. The lowest BCUT2D eigenvalue weighted by atomic mass is 10.2. The third-order valence-electron chi connectivity index (χ3n) is 8.38. The zero-order valence-corrected chi connectivity index (χ0v) is 35.8. The molecule has 0 amide bonds. The third-order valence-corrected chi connectivity index (χ3v) is 10.7. The molecular formula is C46H70O8S. The summed E-state index contributed by atoms with van der Waals surface area (Å²) in [6.45, 7) is 18.6. The summed E-state index contributed by atoms with van der Waals surface area (Å²) in [5.41, 5.74) is 0. The minimum atomic E-state index is -0.961. The van der Waals surface area contributed by atoms with Crippen LogP contribution in [0.15, 0.2) is 69.3 Å². The van der Waals surface area contributed by atoms with Crippen LogP contribution in [-0.2, 0) is 15.7 Å². The van der Waals surface area contributed by atoms with E-state index in [2.05, 4.69) is 96.1 Å². The third kappa shape index (κ3) is 17.7. The van der Waals surface area contributed by atoms with E-state index in [-0.39, 0.29) is 6.42 Å². The Morgan fingerprint density at radius 3 is 1.04 bits per heavy atom. The number of benzene rings is 3. The number of unbranched alkanes of at least 4 members (excludes halogenated alkanes) is 6. The molecule has 0 aliphatic rings. The van der Waals surface area contributed by atoms with Crippen LogP contribution in [-0.4, -0.2) is 45.6 Å². The van der Waals surface area contributed by atoms with Crippen LogP contribution in [0, 0.1) is 0 Å². The number of hydrogen-bond acceptors (Lipinski definition) is 8.